The van der Waals surface area contributed by atoms with Crippen LogP contribution in [0.3, 0.4) is 0 Å². The number of aliphatic hydroxyl groups excluding tert-OH is 1. The van der Waals surface area contributed by atoms with Crippen molar-refractivity contribution in [2.24, 2.45) is 16.7 Å². The van der Waals surface area contributed by atoms with Gasteiger partial charge in [0.25, 0.3) is 0 Å². The predicted octanol–water partition coefficient (Wildman–Crippen LogP) is 4.33. The standard InChI is InChI=1S/C18H34O2/c1-9-10-17(7,8)13-18(20,14(2)3)15(12-19)11-16(4,5)6/h9,11,14,19-20H,1,10,12-13H2,2-8H3/b15-11+. The molecule has 20 heavy (non-hydrogen) atoms. The summed E-state index contributed by atoms with van der Waals surface area (Å²) in [7, 11) is 0. The molecule has 0 heterocycles. The Bertz CT molecular complexity index is 345. The van der Waals surface area contributed by atoms with Crippen LogP contribution in [0.4, 0.5) is 0 Å². The first-order valence-electron chi connectivity index (χ1n) is 7.54. The smallest absolute Gasteiger partial charge is 0.0906 e. The lowest BCUT2D eigenvalue weighted by atomic mass is 9.69. The molecule has 0 saturated carbocycles. The van der Waals surface area contributed by atoms with Gasteiger partial charge in [-0.1, -0.05) is 60.6 Å². The highest BCUT2D eigenvalue weighted by Crippen LogP contribution is 2.40. The Morgan fingerprint density at radius 2 is 1.65 bits per heavy atom. The van der Waals surface area contributed by atoms with Crippen molar-refractivity contribution in [2.75, 3.05) is 6.61 Å². The van der Waals surface area contributed by atoms with E-state index in [-0.39, 0.29) is 23.4 Å². The Labute approximate surface area is 125 Å². The van der Waals surface area contributed by atoms with Crippen LogP contribution in [0.15, 0.2) is 24.3 Å². The van der Waals surface area contributed by atoms with E-state index >= 15 is 0 Å². The van der Waals surface area contributed by atoms with Crippen molar-refractivity contribution in [1.29, 1.82) is 0 Å². The number of hydrogen-bond donors (Lipinski definition) is 2. The maximum atomic E-state index is 11.2. The minimum absolute atomic E-state index is 0.0485. The quantitative estimate of drug-likeness (QED) is 0.682. The third kappa shape index (κ3) is 5.80. The largest absolute Gasteiger partial charge is 0.392 e. The second kappa shape index (κ2) is 6.91. The van der Waals surface area contributed by atoms with Gasteiger partial charge in [-0.2, -0.15) is 0 Å². The molecule has 1 atom stereocenters. The number of rotatable bonds is 7. The molecule has 118 valence electrons. The van der Waals surface area contributed by atoms with Crippen LogP contribution in [-0.4, -0.2) is 22.4 Å². The van der Waals surface area contributed by atoms with Crippen LogP contribution in [0.25, 0.3) is 0 Å². The average Bonchev–Trinajstić information content (AvgIpc) is 2.23. The summed E-state index contributed by atoms with van der Waals surface area (Å²) in [6.45, 7) is 18.2. The van der Waals surface area contributed by atoms with Gasteiger partial charge in [0.1, 0.15) is 0 Å². The summed E-state index contributed by atoms with van der Waals surface area (Å²) in [5.74, 6) is 0.0485. The molecule has 0 bridgehead atoms. The number of hydrogen-bond acceptors (Lipinski definition) is 2. The molecule has 1 unspecified atom stereocenters. The second-order valence-corrected chi connectivity index (χ2v) is 8.11. The SMILES string of the molecule is C=CCC(C)(C)CC(O)(/C(=C/C(C)(C)C)CO)C(C)C. The van der Waals surface area contributed by atoms with Gasteiger partial charge in [-0.25, -0.2) is 0 Å². The van der Waals surface area contributed by atoms with Gasteiger partial charge in [0.2, 0.25) is 0 Å². The first kappa shape index (κ1) is 19.4. The van der Waals surface area contributed by atoms with Crippen molar-refractivity contribution < 1.29 is 10.2 Å². The molecular weight excluding hydrogens is 248 g/mol. The van der Waals surface area contributed by atoms with Crippen molar-refractivity contribution in [3.8, 4) is 0 Å². The zero-order chi connectivity index (χ0) is 16.2. The van der Waals surface area contributed by atoms with Gasteiger partial charge < -0.3 is 10.2 Å². The lowest BCUT2D eigenvalue weighted by Gasteiger charge is -2.41. The fraction of sp³-hybridized carbons (Fsp3) is 0.778. The zero-order valence-corrected chi connectivity index (χ0v) is 14.5. The van der Waals surface area contributed by atoms with Crippen LogP contribution in [-0.2, 0) is 0 Å². The summed E-state index contributed by atoms with van der Waals surface area (Å²) < 4.78 is 0. The highest BCUT2D eigenvalue weighted by atomic mass is 16.3. The van der Waals surface area contributed by atoms with Crippen molar-refractivity contribution >= 4 is 0 Å². The van der Waals surface area contributed by atoms with Gasteiger partial charge in [-0.05, 0) is 35.2 Å². The third-order valence-electron chi connectivity index (χ3n) is 3.73. The van der Waals surface area contributed by atoms with Gasteiger partial charge in [-0.3, -0.25) is 0 Å². The highest BCUT2D eigenvalue weighted by molar-refractivity contribution is 5.22. The lowest BCUT2D eigenvalue weighted by molar-refractivity contribution is -0.0168. The molecular formula is C18H34O2. The third-order valence-corrected chi connectivity index (χ3v) is 3.73. The molecule has 0 aromatic heterocycles. The molecule has 0 aliphatic heterocycles. The van der Waals surface area contributed by atoms with Crippen LogP contribution >= 0.6 is 0 Å². The van der Waals surface area contributed by atoms with E-state index in [1.165, 1.54) is 0 Å². The van der Waals surface area contributed by atoms with Crippen molar-refractivity contribution in [3.05, 3.63) is 24.3 Å². The molecule has 0 aliphatic rings. The fourth-order valence-corrected chi connectivity index (χ4v) is 2.71. The summed E-state index contributed by atoms with van der Waals surface area (Å²) in [5, 5.41) is 21.0. The van der Waals surface area contributed by atoms with Crippen LogP contribution in [0.5, 0.6) is 0 Å². The van der Waals surface area contributed by atoms with Gasteiger partial charge in [0.05, 0.1) is 12.2 Å². The Balaban J connectivity index is 5.59. The van der Waals surface area contributed by atoms with Gasteiger partial charge in [0, 0.05) is 0 Å². The molecule has 0 amide bonds. The number of aliphatic hydroxyl groups is 2. The maximum Gasteiger partial charge on any atom is 0.0906 e. The lowest BCUT2D eigenvalue weighted by Crippen LogP contribution is -2.43. The topological polar surface area (TPSA) is 40.5 Å². The summed E-state index contributed by atoms with van der Waals surface area (Å²) in [6, 6.07) is 0. The van der Waals surface area contributed by atoms with Crippen LogP contribution in [0.1, 0.15) is 61.3 Å². The first-order chi connectivity index (χ1) is 8.88. The van der Waals surface area contributed by atoms with Gasteiger partial charge in [0.15, 0.2) is 0 Å². The predicted molar refractivity (Wildman–Crippen MR) is 87.6 cm³/mol. The molecule has 0 radical (unpaired) electrons. The summed E-state index contributed by atoms with van der Waals surface area (Å²) >= 11 is 0. The molecule has 2 N–H and O–H groups in total. The number of allylic oxidation sites excluding steroid dienone is 2. The van der Waals surface area contributed by atoms with E-state index < -0.39 is 5.60 Å². The molecule has 0 aromatic carbocycles. The van der Waals surface area contributed by atoms with Crippen molar-refractivity contribution in [3.63, 3.8) is 0 Å². The normalized spacial score (nSPS) is 17.2. The van der Waals surface area contributed by atoms with Crippen LogP contribution in [0.2, 0.25) is 0 Å². The maximum absolute atomic E-state index is 11.2. The summed E-state index contributed by atoms with van der Waals surface area (Å²) in [5.41, 5.74) is -0.359. The van der Waals surface area contributed by atoms with E-state index in [9.17, 15) is 10.2 Å². The Morgan fingerprint density at radius 3 is 1.95 bits per heavy atom. The van der Waals surface area contributed by atoms with E-state index in [0.29, 0.717) is 6.42 Å². The molecule has 2 heteroatoms. The van der Waals surface area contributed by atoms with Crippen LogP contribution in [0, 0.1) is 16.7 Å². The highest BCUT2D eigenvalue weighted by Gasteiger charge is 2.40. The van der Waals surface area contributed by atoms with Crippen molar-refractivity contribution in [2.45, 2.75) is 66.9 Å². The summed E-state index contributed by atoms with van der Waals surface area (Å²) in [4.78, 5) is 0. The molecule has 0 saturated heterocycles. The average molecular weight is 282 g/mol. The molecule has 2 nitrogen and oxygen atoms in total. The Morgan fingerprint density at radius 1 is 1.15 bits per heavy atom. The minimum atomic E-state index is -0.978. The Hall–Kier alpha value is -0.600. The minimum Gasteiger partial charge on any atom is -0.392 e. The van der Waals surface area contributed by atoms with E-state index in [1.807, 2.05) is 26.0 Å². The van der Waals surface area contributed by atoms with Gasteiger partial charge >= 0.3 is 0 Å². The molecule has 0 fully saturated rings. The second-order valence-electron chi connectivity index (χ2n) is 8.11. The first-order valence-corrected chi connectivity index (χ1v) is 7.54. The fourth-order valence-electron chi connectivity index (χ4n) is 2.71. The van der Waals surface area contributed by atoms with E-state index in [0.717, 1.165) is 12.0 Å². The van der Waals surface area contributed by atoms with Crippen molar-refractivity contribution in [1.82, 2.24) is 0 Å². The van der Waals surface area contributed by atoms with E-state index in [1.54, 1.807) is 0 Å². The monoisotopic (exact) mass is 282 g/mol. The Kier molecular flexibility index (Phi) is 6.70. The van der Waals surface area contributed by atoms with Gasteiger partial charge in [-0.15, -0.1) is 6.58 Å². The molecule has 0 aromatic rings. The van der Waals surface area contributed by atoms with Crippen LogP contribution < -0.4 is 0 Å². The molecule has 0 spiro atoms. The molecule has 0 rings (SSSR count). The molecule has 0 aliphatic carbocycles. The zero-order valence-electron chi connectivity index (χ0n) is 14.5. The van der Waals surface area contributed by atoms with E-state index in [2.05, 4.69) is 41.2 Å². The van der Waals surface area contributed by atoms with E-state index in [4.69, 9.17) is 0 Å². The summed E-state index contributed by atoms with van der Waals surface area (Å²) in [6.07, 6.45) is 5.37.